The normalized spacial score (nSPS) is 10.5. The number of nitrogens with one attached hydrogen (secondary N) is 2. The predicted octanol–water partition coefficient (Wildman–Crippen LogP) is 4.05. The zero-order chi connectivity index (χ0) is 14.7. The summed E-state index contributed by atoms with van der Waals surface area (Å²) in [5, 5.41) is 19.9. The van der Waals surface area contributed by atoms with Crippen LogP contribution in [0.2, 0.25) is 5.02 Å². The number of aromatic nitrogens is 2. The minimum atomic E-state index is 0.101. The fraction of sp³-hybridized carbons (Fsp3) is 0.0625. The number of phenols is 1. The molecule has 0 saturated heterocycles. The van der Waals surface area contributed by atoms with Crippen molar-refractivity contribution in [2.45, 2.75) is 6.54 Å². The van der Waals surface area contributed by atoms with Crippen molar-refractivity contribution in [2.24, 2.45) is 0 Å². The van der Waals surface area contributed by atoms with E-state index in [-0.39, 0.29) is 5.75 Å². The van der Waals surface area contributed by atoms with E-state index in [9.17, 15) is 5.11 Å². The van der Waals surface area contributed by atoms with Crippen LogP contribution >= 0.6 is 11.6 Å². The van der Waals surface area contributed by atoms with Crippen LogP contribution in [0.25, 0.3) is 11.3 Å². The minimum Gasteiger partial charge on any atom is -0.506 e. The lowest BCUT2D eigenvalue weighted by atomic mass is 10.1. The maximum Gasteiger partial charge on any atom is 0.134 e. The van der Waals surface area contributed by atoms with Crippen LogP contribution < -0.4 is 5.32 Å². The summed E-state index contributed by atoms with van der Waals surface area (Å²) in [6, 6.07) is 15.2. The molecule has 0 amide bonds. The average molecular weight is 300 g/mol. The molecule has 21 heavy (non-hydrogen) atoms. The molecule has 3 N–H and O–H groups in total. The summed E-state index contributed by atoms with van der Waals surface area (Å²) in [4.78, 5) is 0. The number of aromatic amines is 1. The third-order valence-electron chi connectivity index (χ3n) is 3.21. The van der Waals surface area contributed by atoms with Gasteiger partial charge in [0, 0.05) is 18.4 Å². The molecular weight excluding hydrogens is 286 g/mol. The fourth-order valence-corrected chi connectivity index (χ4v) is 2.25. The molecule has 3 aromatic rings. The van der Waals surface area contributed by atoms with Crippen molar-refractivity contribution in [3.05, 3.63) is 65.3 Å². The van der Waals surface area contributed by atoms with Crippen molar-refractivity contribution in [2.75, 3.05) is 5.32 Å². The number of aromatic hydroxyl groups is 1. The topological polar surface area (TPSA) is 60.9 Å². The number of rotatable bonds is 4. The van der Waals surface area contributed by atoms with Crippen molar-refractivity contribution in [3.63, 3.8) is 0 Å². The highest BCUT2D eigenvalue weighted by atomic mass is 35.5. The second-order valence-corrected chi connectivity index (χ2v) is 5.09. The summed E-state index contributed by atoms with van der Waals surface area (Å²) in [6.07, 6.45) is 1.73. The molecule has 0 spiro atoms. The van der Waals surface area contributed by atoms with Crippen molar-refractivity contribution >= 4 is 17.3 Å². The van der Waals surface area contributed by atoms with E-state index >= 15 is 0 Å². The molecule has 0 saturated carbocycles. The maximum absolute atomic E-state index is 9.39. The standard InChI is InChI=1S/C16H14ClN3O/c17-14-9-11(1-6-16(14)21)10-18-13-4-2-12(3-5-13)15-7-8-19-20-15/h1-9,18,21H,10H2,(H,19,20). The van der Waals surface area contributed by atoms with Crippen LogP contribution in [-0.2, 0) is 6.54 Å². The summed E-state index contributed by atoms with van der Waals surface area (Å²) >= 11 is 5.89. The molecule has 0 aliphatic heterocycles. The Kier molecular flexibility index (Phi) is 3.79. The summed E-state index contributed by atoms with van der Waals surface area (Å²) in [7, 11) is 0. The van der Waals surface area contributed by atoms with E-state index in [0.717, 1.165) is 22.5 Å². The van der Waals surface area contributed by atoms with Gasteiger partial charge in [-0.1, -0.05) is 29.8 Å². The first-order valence-corrected chi connectivity index (χ1v) is 6.91. The molecule has 5 heteroatoms. The molecule has 0 unspecified atom stereocenters. The van der Waals surface area contributed by atoms with E-state index in [1.54, 1.807) is 18.3 Å². The zero-order valence-corrected chi connectivity index (χ0v) is 11.9. The number of benzene rings is 2. The Bertz CT molecular complexity index is 724. The van der Waals surface area contributed by atoms with E-state index in [0.29, 0.717) is 11.6 Å². The first-order chi connectivity index (χ1) is 10.2. The maximum atomic E-state index is 9.39. The van der Waals surface area contributed by atoms with Crippen LogP contribution in [0.5, 0.6) is 5.75 Å². The molecule has 4 nitrogen and oxygen atoms in total. The molecule has 3 rings (SSSR count). The Morgan fingerprint density at radius 2 is 1.90 bits per heavy atom. The third-order valence-corrected chi connectivity index (χ3v) is 3.51. The number of phenolic OH excluding ortho intramolecular Hbond substituents is 1. The van der Waals surface area contributed by atoms with Gasteiger partial charge in [-0.3, -0.25) is 5.10 Å². The van der Waals surface area contributed by atoms with Gasteiger partial charge in [-0.2, -0.15) is 5.10 Å². The quantitative estimate of drug-likeness (QED) is 0.681. The first-order valence-electron chi connectivity index (χ1n) is 6.53. The van der Waals surface area contributed by atoms with E-state index < -0.39 is 0 Å². The number of anilines is 1. The van der Waals surface area contributed by atoms with E-state index in [2.05, 4.69) is 15.5 Å². The second-order valence-electron chi connectivity index (χ2n) is 4.69. The molecule has 0 fully saturated rings. The molecule has 0 radical (unpaired) electrons. The Morgan fingerprint density at radius 3 is 2.57 bits per heavy atom. The molecule has 0 aliphatic carbocycles. The van der Waals surface area contributed by atoms with Crippen LogP contribution in [0.1, 0.15) is 5.56 Å². The summed E-state index contributed by atoms with van der Waals surface area (Å²) in [5.41, 5.74) is 4.11. The van der Waals surface area contributed by atoms with Crippen molar-refractivity contribution < 1.29 is 5.11 Å². The highest BCUT2D eigenvalue weighted by Gasteiger charge is 2.01. The third kappa shape index (κ3) is 3.17. The molecule has 0 aliphatic rings. The van der Waals surface area contributed by atoms with Gasteiger partial charge in [-0.15, -0.1) is 0 Å². The highest BCUT2D eigenvalue weighted by Crippen LogP contribution is 2.24. The van der Waals surface area contributed by atoms with Gasteiger partial charge in [0.05, 0.1) is 10.7 Å². The van der Waals surface area contributed by atoms with Crippen molar-refractivity contribution in [1.29, 1.82) is 0 Å². The van der Waals surface area contributed by atoms with E-state index in [4.69, 9.17) is 11.6 Å². The summed E-state index contributed by atoms with van der Waals surface area (Å²) < 4.78 is 0. The van der Waals surface area contributed by atoms with Crippen LogP contribution in [-0.4, -0.2) is 15.3 Å². The number of hydrogen-bond donors (Lipinski definition) is 3. The minimum absolute atomic E-state index is 0.101. The predicted molar refractivity (Wildman–Crippen MR) is 84.5 cm³/mol. The van der Waals surface area contributed by atoms with Crippen LogP contribution in [0.4, 0.5) is 5.69 Å². The lowest BCUT2D eigenvalue weighted by Crippen LogP contribution is -1.99. The van der Waals surface area contributed by atoms with Crippen molar-refractivity contribution in [1.82, 2.24) is 10.2 Å². The van der Waals surface area contributed by atoms with Gasteiger partial charge in [0.15, 0.2) is 0 Å². The van der Waals surface area contributed by atoms with E-state index in [1.807, 2.05) is 36.4 Å². The Morgan fingerprint density at radius 1 is 1.10 bits per heavy atom. The average Bonchev–Trinajstić information content (AvgIpc) is 3.03. The smallest absolute Gasteiger partial charge is 0.134 e. The molecule has 106 valence electrons. The van der Waals surface area contributed by atoms with Gasteiger partial charge >= 0.3 is 0 Å². The molecule has 1 heterocycles. The Labute approximate surface area is 127 Å². The van der Waals surface area contributed by atoms with Crippen LogP contribution in [0, 0.1) is 0 Å². The van der Waals surface area contributed by atoms with E-state index in [1.165, 1.54) is 0 Å². The molecule has 0 atom stereocenters. The summed E-state index contributed by atoms with van der Waals surface area (Å²) in [5.74, 6) is 0.101. The van der Waals surface area contributed by atoms with Crippen molar-refractivity contribution in [3.8, 4) is 17.0 Å². The van der Waals surface area contributed by atoms with Crippen LogP contribution in [0.3, 0.4) is 0 Å². The fourth-order valence-electron chi connectivity index (χ4n) is 2.05. The number of hydrogen-bond acceptors (Lipinski definition) is 3. The molecule has 2 aromatic carbocycles. The Balaban J connectivity index is 1.66. The number of halogens is 1. The zero-order valence-electron chi connectivity index (χ0n) is 11.2. The molecule has 1 aromatic heterocycles. The molecular formula is C16H14ClN3O. The van der Waals surface area contributed by atoms with Gasteiger partial charge in [0.2, 0.25) is 0 Å². The van der Waals surface area contributed by atoms with Gasteiger partial charge < -0.3 is 10.4 Å². The first kappa shape index (κ1) is 13.5. The van der Waals surface area contributed by atoms with Gasteiger partial charge in [0.1, 0.15) is 5.75 Å². The highest BCUT2D eigenvalue weighted by molar-refractivity contribution is 6.32. The number of H-pyrrole nitrogens is 1. The Hall–Kier alpha value is -2.46. The second kappa shape index (κ2) is 5.89. The lowest BCUT2D eigenvalue weighted by molar-refractivity contribution is 0.475. The SMILES string of the molecule is Oc1ccc(CNc2ccc(-c3ccn[nH]3)cc2)cc1Cl. The van der Waals surface area contributed by atoms with Gasteiger partial charge in [-0.25, -0.2) is 0 Å². The van der Waals surface area contributed by atoms with Crippen LogP contribution in [0.15, 0.2) is 54.7 Å². The largest absolute Gasteiger partial charge is 0.506 e. The van der Waals surface area contributed by atoms with Gasteiger partial charge in [-0.05, 0) is 41.5 Å². The lowest BCUT2D eigenvalue weighted by Gasteiger charge is -2.08. The number of nitrogens with zero attached hydrogens (tertiary/aromatic N) is 1. The summed E-state index contributed by atoms with van der Waals surface area (Å²) in [6.45, 7) is 0.642. The molecule has 0 bridgehead atoms. The monoisotopic (exact) mass is 299 g/mol. The van der Waals surface area contributed by atoms with Gasteiger partial charge in [0.25, 0.3) is 0 Å².